The Hall–Kier alpha value is -0.160. The summed E-state index contributed by atoms with van der Waals surface area (Å²) in [6, 6.07) is 0. The zero-order chi connectivity index (χ0) is 13.8. The minimum Gasteiger partial charge on any atom is -0.356 e. The molecule has 1 heterocycles. The molecule has 0 aromatic carbocycles. The monoisotopic (exact) mass is 258 g/mol. The van der Waals surface area contributed by atoms with Crippen LogP contribution in [0.15, 0.2) is 0 Å². The molecule has 4 nitrogen and oxygen atoms in total. The van der Waals surface area contributed by atoms with Gasteiger partial charge in [-0.3, -0.25) is 4.90 Å². The van der Waals surface area contributed by atoms with Crippen molar-refractivity contribution in [3.63, 3.8) is 0 Å². The number of hydrogen-bond acceptors (Lipinski definition) is 4. The maximum absolute atomic E-state index is 6.02. The summed E-state index contributed by atoms with van der Waals surface area (Å²) in [5.74, 6) is 1.54. The third-order valence-electron chi connectivity index (χ3n) is 4.67. The normalized spacial score (nSPS) is 29.5. The summed E-state index contributed by atoms with van der Waals surface area (Å²) in [4.78, 5) is 2.52. The van der Waals surface area contributed by atoms with Gasteiger partial charge in [-0.15, -0.1) is 0 Å². The molecule has 0 aliphatic carbocycles. The fourth-order valence-electron chi connectivity index (χ4n) is 2.72. The lowest BCUT2D eigenvalue weighted by atomic mass is 9.84. The van der Waals surface area contributed by atoms with E-state index < -0.39 is 0 Å². The van der Waals surface area contributed by atoms with E-state index in [1.54, 1.807) is 14.2 Å². The third-order valence-corrected chi connectivity index (χ3v) is 4.67. The highest BCUT2D eigenvalue weighted by Crippen LogP contribution is 2.30. The molecule has 0 aromatic heterocycles. The van der Waals surface area contributed by atoms with Crippen LogP contribution in [0.4, 0.5) is 0 Å². The van der Waals surface area contributed by atoms with Crippen molar-refractivity contribution >= 4 is 0 Å². The van der Waals surface area contributed by atoms with E-state index in [1.807, 2.05) is 0 Å². The molecule has 2 N–H and O–H groups in total. The van der Waals surface area contributed by atoms with Crippen LogP contribution in [0.5, 0.6) is 0 Å². The standard InChI is InChI=1S/C14H30N2O2/c1-11-6-7-16(9-12(11)2)14(3,10-15)8-13(17-4)18-5/h11-13H,6-10,15H2,1-5H3. The average Bonchev–Trinajstić information content (AvgIpc) is 2.38. The van der Waals surface area contributed by atoms with Gasteiger partial charge in [-0.2, -0.15) is 0 Å². The second-order valence-electron chi connectivity index (χ2n) is 6.00. The molecular weight excluding hydrogens is 228 g/mol. The van der Waals surface area contributed by atoms with Crippen molar-refractivity contribution in [3.05, 3.63) is 0 Å². The highest BCUT2D eigenvalue weighted by atomic mass is 16.7. The van der Waals surface area contributed by atoms with E-state index in [1.165, 1.54) is 6.42 Å². The lowest BCUT2D eigenvalue weighted by Gasteiger charge is -2.47. The van der Waals surface area contributed by atoms with Crippen LogP contribution < -0.4 is 5.73 Å². The number of likely N-dealkylation sites (tertiary alicyclic amines) is 1. The predicted molar refractivity (Wildman–Crippen MR) is 74.4 cm³/mol. The highest BCUT2D eigenvalue weighted by Gasteiger charge is 2.37. The molecule has 0 saturated carbocycles. The van der Waals surface area contributed by atoms with E-state index in [-0.39, 0.29) is 11.8 Å². The topological polar surface area (TPSA) is 47.7 Å². The van der Waals surface area contributed by atoms with Gasteiger partial charge in [-0.05, 0) is 31.7 Å². The van der Waals surface area contributed by atoms with Gasteiger partial charge in [0.25, 0.3) is 0 Å². The van der Waals surface area contributed by atoms with Gasteiger partial charge in [0.1, 0.15) is 0 Å². The third kappa shape index (κ3) is 3.67. The zero-order valence-corrected chi connectivity index (χ0v) is 12.6. The Bertz CT molecular complexity index is 246. The number of nitrogens with zero attached hydrogens (tertiary/aromatic N) is 1. The van der Waals surface area contributed by atoms with Crippen LogP contribution in [-0.4, -0.2) is 50.6 Å². The van der Waals surface area contributed by atoms with Gasteiger partial charge in [0, 0.05) is 39.3 Å². The van der Waals surface area contributed by atoms with Gasteiger partial charge in [0.2, 0.25) is 0 Å². The maximum atomic E-state index is 6.02. The summed E-state index contributed by atoms with van der Waals surface area (Å²) in [5, 5.41) is 0. The molecule has 0 radical (unpaired) electrons. The quantitative estimate of drug-likeness (QED) is 0.737. The van der Waals surface area contributed by atoms with Crippen molar-refractivity contribution in [1.82, 2.24) is 4.90 Å². The second-order valence-corrected chi connectivity index (χ2v) is 6.00. The van der Waals surface area contributed by atoms with Gasteiger partial charge in [0.15, 0.2) is 6.29 Å². The van der Waals surface area contributed by atoms with Crippen LogP contribution in [0.2, 0.25) is 0 Å². The Balaban J connectivity index is 2.68. The number of nitrogens with two attached hydrogens (primary N) is 1. The molecule has 0 amide bonds. The maximum Gasteiger partial charge on any atom is 0.158 e. The fourth-order valence-corrected chi connectivity index (χ4v) is 2.72. The van der Waals surface area contributed by atoms with Crippen molar-refractivity contribution in [2.75, 3.05) is 33.9 Å². The molecule has 4 heteroatoms. The van der Waals surface area contributed by atoms with Crippen LogP contribution in [0.1, 0.15) is 33.6 Å². The summed E-state index contributed by atoms with van der Waals surface area (Å²) < 4.78 is 10.7. The summed E-state index contributed by atoms with van der Waals surface area (Å²) in [6.07, 6.45) is 1.90. The smallest absolute Gasteiger partial charge is 0.158 e. The number of rotatable bonds is 6. The van der Waals surface area contributed by atoms with Crippen LogP contribution in [-0.2, 0) is 9.47 Å². The van der Waals surface area contributed by atoms with Crippen molar-refractivity contribution in [1.29, 1.82) is 0 Å². The van der Waals surface area contributed by atoms with Crippen molar-refractivity contribution in [3.8, 4) is 0 Å². The molecule has 1 rings (SSSR count). The molecule has 3 unspecified atom stereocenters. The van der Waals surface area contributed by atoms with Gasteiger partial charge in [-0.1, -0.05) is 13.8 Å². The van der Waals surface area contributed by atoms with Crippen LogP contribution >= 0.6 is 0 Å². The Morgan fingerprint density at radius 1 is 1.28 bits per heavy atom. The SMILES string of the molecule is COC(CC(C)(CN)N1CCC(C)C(C)C1)OC. The molecule has 1 aliphatic rings. The van der Waals surface area contributed by atoms with Crippen molar-refractivity contribution < 1.29 is 9.47 Å². The van der Waals surface area contributed by atoms with Gasteiger partial charge >= 0.3 is 0 Å². The van der Waals surface area contributed by atoms with Crippen molar-refractivity contribution in [2.45, 2.75) is 45.4 Å². The van der Waals surface area contributed by atoms with Crippen molar-refractivity contribution in [2.24, 2.45) is 17.6 Å². The second kappa shape index (κ2) is 6.85. The Morgan fingerprint density at radius 3 is 2.33 bits per heavy atom. The average molecular weight is 258 g/mol. The number of hydrogen-bond donors (Lipinski definition) is 1. The van der Waals surface area contributed by atoms with E-state index >= 15 is 0 Å². The summed E-state index contributed by atoms with van der Waals surface area (Å²) >= 11 is 0. The largest absolute Gasteiger partial charge is 0.356 e. The summed E-state index contributed by atoms with van der Waals surface area (Å²) in [6.45, 7) is 9.78. The number of piperidine rings is 1. The van der Waals surface area contributed by atoms with Gasteiger partial charge < -0.3 is 15.2 Å². The minimum atomic E-state index is -0.173. The molecule has 18 heavy (non-hydrogen) atoms. The molecule has 108 valence electrons. The first-order valence-electron chi connectivity index (χ1n) is 6.97. The Kier molecular flexibility index (Phi) is 6.05. The first-order valence-corrected chi connectivity index (χ1v) is 6.97. The van der Waals surface area contributed by atoms with E-state index in [0.29, 0.717) is 6.54 Å². The molecule has 0 spiro atoms. The molecule has 1 aliphatic heterocycles. The molecule has 1 saturated heterocycles. The van der Waals surface area contributed by atoms with Crippen LogP contribution in [0.3, 0.4) is 0 Å². The number of methoxy groups -OCH3 is 2. The van der Waals surface area contributed by atoms with Gasteiger partial charge in [-0.25, -0.2) is 0 Å². The van der Waals surface area contributed by atoms with E-state index in [0.717, 1.165) is 31.3 Å². The minimum absolute atomic E-state index is 0.0366. The summed E-state index contributed by atoms with van der Waals surface area (Å²) in [7, 11) is 3.37. The van der Waals surface area contributed by atoms with Gasteiger partial charge in [0.05, 0.1) is 0 Å². The Morgan fingerprint density at radius 2 is 1.89 bits per heavy atom. The van der Waals surface area contributed by atoms with Crippen LogP contribution in [0, 0.1) is 11.8 Å². The predicted octanol–water partition coefficient (Wildman–Crippen LogP) is 1.69. The molecule has 1 fully saturated rings. The van der Waals surface area contributed by atoms with E-state index in [4.69, 9.17) is 15.2 Å². The molecular formula is C14H30N2O2. The molecule has 3 atom stereocenters. The first kappa shape index (κ1) is 15.9. The first-order chi connectivity index (χ1) is 8.46. The Labute approximate surface area is 112 Å². The fraction of sp³-hybridized carbons (Fsp3) is 1.00. The van der Waals surface area contributed by atoms with Crippen LogP contribution in [0.25, 0.3) is 0 Å². The van der Waals surface area contributed by atoms with E-state index in [2.05, 4.69) is 25.7 Å². The number of ether oxygens (including phenoxy) is 2. The summed E-state index contributed by atoms with van der Waals surface area (Å²) in [5.41, 5.74) is 5.99. The molecule has 0 aromatic rings. The lowest BCUT2D eigenvalue weighted by Crippen LogP contribution is -2.57. The van der Waals surface area contributed by atoms with E-state index in [9.17, 15) is 0 Å². The lowest BCUT2D eigenvalue weighted by molar-refractivity contribution is -0.132. The molecule has 0 bridgehead atoms. The highest BCUT2D eigenvalue weighted by molar-refractivity contribution is 4.92. The zero-order valence-electron chi connectivity index (χ0n) is 12.6.